The smallest absolute Gasteiger partial charge is 0.266 e. The van der Waals surface area contributed by atoms with E-state index in [0.717, 1.165) is 28.2 Å². The van der Waals surface area contributed by atoms with Crippen LogP contribution in [0, 0.1) is 0 Å². The summed E-state index contributed by atoms with van der Waals surface area (Å²) in [5, 5.41) is -0.115. The number of hydrogen-bond donors (Lipinski definition) is 0. The predicted octanol–water partition coefficient (Wildman–Crippen LogP) is 4.72. The van der Waals surface area contributed by atoms with Gasteiger partial charge >= 0.3 is 11.0 Å². The van der Waals surface area contributed by atoms with Crippen LogP contribution in [-0.2, 0) is 6.18 Å². The summed E-state index contributed by atoms with van der Waals surface area (Å²) in [4.78, 5) is 11.8. The SMILES string of the molecule is O=c1sc2ccccc2n1-c1ccc(C(F)(F)F)cc1Cl. The molecule has 1 aromatic heterocycles. The summed E-state index contributed by atoms with van der Waals surface area (Å²) in [6, 6.07) is 10.00. The van der Waals surface area contributed by atoms with E-state index in [-0.39, 0.29) is 15.6 Å². The number of hydrogen-bond acceptors (Lipinski definition) is 2. The van der Waals surface area contributed by atoms with Gasteiger partial charge in [-0.25, -0.2) is 0 Å². The molecule has 0 atom stereocenters. The van der Waals surface area contributed by atoms with Gasteiger partial charge in [-0.3, -0.25) is 9.36 Å². The first-order valence-corrected chi connectivity index (χ1v) is 7.05. The molecule has 0 saturated carbocycles. The van der Waals surface area contributed by atoms with Crippen molar-refractivity contribution in [2.45, 2.75) is 6.18 Å². The molecule has 0 N–H and O–H groups in total. The third-order valence-corrected chi connectivity index (χ3v) is 4.23. The van der Waals surface area contributed by atoms with Gasteiger partial charge in [0, 0.05) is 0 Å². The molecule has 0 bridgehead atoms. The van der Waals surface area contributed by atoms with Crippen molar-refractivity contribution in [3.63, 3.8) is 0 Å². The maximum Gasteiger partial charge on any atom is 0.416 e. The zero-order chi connectivity index (χ0) is 15.2. The standard InChI is InChI=1S/C14H7ClF3NOS/c15-9-7-8(14(16,17)18)5-6-10(9)19-11-3-1-2-4-12(11)21-13(19)20/h1-7H. The molecule has 0 saturated heterocycles. The Hall–Kier alpha value is -1.79. The molecule has 7 heteroatoms. The first kappa shape index (κ1) is 14.2. The lowest BCUT2D eigenvalue weighted by molar-refractivity contribution is -0.137. The van der Waals surface area contributed by atoms with Gasteiger partial charge in [0.25, 0.3) is 0 Å². The molecule has 0 amide bonds. The minimum atomic E-state index is -4.47. The van der Waals surface area contributed by atoms with E-state index in [1.54, 1.807) is 24.3 Å². The number of para-hydroxylation sites is 1. The molecule has 0 spiro atoms. The van der Waals surface area contributed by atoms with Crippen molar-refractivity contribution in [3.05, 3.63) is 62.7 Å². The Bertz CT molecular complexity index is 882. The lowest BCUT2D eigenvalue weighted by Gasteiger charge is -2.10. The zero-order valence-electron chi connectivity index (χ0n) is 10.3. The fraction of sp³-hybridized carbons (Fsp3) is 0.0714. The van der Waals surface area contributed by atoms with Crippen LogP contribution in [0.25, 0.3) is 15.9 Å². The molecule has 2 aromatic carbocycles. The Balaban J connectivity index is 2.25. The van der Waals surface area contributed by atoms with E-state index in [1.807, 2.05) is 0 Å². The molecule has 21 heavy (non-hydrogen) atoms. The summed E-state index contributed by atoms with van der Waals surface area (Å²) in [7, 11) is 0. The van der Waals surface area contributed by atoms with Gasteiger partial charge in [0.15, 0.2) is 0 Å². The van der Waals surface area contributed by atoms with Gasteiger partial charge in [0.05, 0.1) is 26.5 Å². The van der Waals surface area contributed by atoms with Crippen molar-refractivity contribution in [2.24, 2.45) is 0 Å². The van der Waals surface area contributed by atoms with Crippen LogP contribution in [0.1, 0.15) is 5.56 Å². The van der Waals surface area contributed by atoms with E-state index < -0.39 is 11.7 Å². The molecule has 1 heterocycles. The molecular weight excluding hydrogens is 323 g/mol. The van der Waals surface area contributed by atoms with Crippen LogP contribution in [0.5, 0.6) is 0 Å². The van der Waals surface area contributed by atoms with Crippen molar-refractivity contribution in [1.82, 2.24) is 4.57 Å². The maximum atomic E-state index is 12.6. The highest BCUT2D eigenvalue weighted by Gasteiger charge is 2.31. The second-order valence-electron chi connectivity index (χ2n) is 4.34. The summed E-state index contributed by atoms with van der Waals surface area (Å²) in [6.07, 6.45) is -4.47. The molecular formula is C14H7ClF3NOS. The van der Waals surface area contributed by atoms with E-state index in [0.29, 0.717) is 5.52 Å². The average molecular weight is 330 g/mol. The van der Waals surface area contributed by atoms with Crippen molar-refractivity contribution in [3.8, 4) is 5.69 Å². The topological polar surface area (TPSA) is 22.0 Å². The number of alkyl halides is 3. The molecule has 3 rings (SSSR count). The van der Waals surface area contributed by atoms with Crippen molar-refractivity contribution in [1.29, 1.82) is 0 Å². The van der Waals surface area contributed by atoms with Crippen LogP contribution in [0.2, 0.25) is 5.02 Å². The number of fused-ring (bicyclic) bond motifs is 1. The Labute approximate surface area is 126 Å². The van der Waals surface area contributed by atoms with Gasteiger partial charge in [-0.2, -0.15) is 13.2 Å². The van der Waals surface area contributed by atoms with E-state index in [4.69, 9.17) is 11.6 Å². The molecule has 0 fully saturated rings. The largest absolute Gasteiger partial charge is 0.416 e. The van der Waals surface area contributed by atoms with Gasteiger partial charge < -0.3 is 0 Å². The minimum absolute atomic E-state index is 0.115. The number of aromatic nitrogens is 1. The Morgan fingerprint density at radius 2 is 1.81 bits per heavy atom. The number of thiazole rings is 1. The van der Waals surface area contributed by atoms with E-state index in [2.05, 4.69) is 0 Å². The van der Waals surface area contributed by atoms with Gasteiger partial charge in [0.2, 0.25) is 0 Å². The maximum absolute atomic E-state index is 12.6. The first-order valence-electron chi connectivity index (χ1n) is 5.85. The second-order valence-corrected chi connectivity index (χ2v) is 5.74. The lowest BCUT2D eigenvalue weighted by Crippen LogP contribution is -2.12. The average Bonchev–Trinajstić information content (AvgIpc) is 2.74. The molecule has 0 aliphatic carbocycles. The highest BCUT2D eigenvalue weighted by molar-refractivity contribution is 7.16. The second kappa shape index (κ2) is 4.89. The third kappa shape index (κ3) is 2.45. The van der Waals surface area contributed by atoms with Gasteiger partial charge in [-0.1, -0.05) is 35.1 Å². The van der Waals surface area contributed by atoms with Crippen molar-refractivity contribution < 1.29 is 13.2 Å². The summed E-state index contributed by atoms with van der Waals surface area (Å²) in [6.45, 7) is 0. The minimum Gasteiger partial charge on any atom is -0.266 e. The molecule has 108 valence electrons. The number of rotatable bonds is 1. The van der Waals surface area contributed by atoms with Gasteiger partial charge in [-0.15, -0.1) is 0 Å². The zero-order valence-corrected chi connectivity index (χ0v) is 11.9. The van der Waals surface area contributed by atoms with E-state index in [1.165, 1.54) is 10.6 Å². The van der Waals surface area contributed by atoms with Crippen LogP contribution in [0.15, 0.2) is 47.3 Å². The molecule has 0 aliphatic heterocycles. The fourth-order valence-corrected chi connectivity index (χ4v) is 3.21. The highest BCUT2D eigenvalue weighted by atomic mass is 35.5. The lowest BCUT2D eigenvalue weighted by atomic mass is 10.2. The monoisotopic (exact) mass is 329 g/mol. The van der Waals surface area contributed by atoms with Gasteiger partial charge in [-0.05, 0) is 30.3 Å². The first-order chi connectivity index (χ1) is 9.88. The summed E-state index contributed by atoms with van der Waals surface area (Å²) in [5.74, 6) is 0. The van der Waals surface area contributed by atoms with Crippen LogP contribution < -0.4 is 4.87 Å². The summed E-state index contributed by atoms with van der Waals surface area (Å²) in [5.41, 5.74) is 0.0186. The van der Waals surface area contributed by atoms with Gasteiger partial charge in [0.1, 0.15) is 0 Å². The van der Waals surface area contributed by atoms with E-state index >= 15 is 0 Å². The number of nitrogens with zero attached hydrogens (tertiary/aromatic N) is 1. The molecule has 0 radical (unpaired) electrons. The molecule has 3 aromatic rings. The third-order valence-electron chi connectivity index (χ3n) is 3.00. The van der Waals surface area contributed by atoms with E-state index in [9.17, 15) is 18.0 Å². The van der Waals surface area contributed by atoms with Crippen LogP contribution >= 0.6 is 22.9 Å². The number of halogens is 4. The Morgan fingerprint density at radius 3 is 2.48 bits per heavy atom. The van der Waals surface area contributed by atoms with Crippen LogP contribution in [0.3, 0.4) is 0 Å². The summed E-state index contributed by atoms with van der Waals surface area (Å²) >= 11 is 6.96. The molecule has 2 nitrogen and oxygen atoms in total. The highest BCUT2D eigenvalue weighted by Crippen LogP contribution is 2.34. The Morgan fingerprint density at radius 1 is 1.10 bits per heavy atom. The molecule has 0 unspecified atom stereocenters. The summed E-state index contributed by atoms with van der Waals surface area (Å²) < 4.78 is 40.0. The quantitative estimate of drug-likeness (QED) is 0.633. The van der Waals surface area contributed by atoms with Crippen molar-refractivity contribution in [2.75, 3.05) is 0 Å². The van der Waals surface area contributed by atoms with Crippen molar-refractivity contribution >= 4 is 33.2 Å². The molecule has 0 aliphatic rings. The normalized spacial score (nSPS) is 12.0. The Kier molecular flexibility index (Phi) is 3.30. The fourth-order valence-electron chi connectivity index (χ4n) is 2.06. The van der Waals surface area contributed by atoms with Crippen LogP contribution in [-0.4, -0.2) is 4.57 Å². The number of benzene rings is 2. The predicted molar refractivity (Wildman–Crippen MR) is 77.4 cm³/mol. The van der Waals surface area contributed by atoms with Crippen LogP contribution in [0.4, 0.5) is 13.2 Å².